The fourth-order valence-corrected chi connectivity index (χ4v) is 4.55. The zero-order valence-electron chi connectivity index (χ0n) is 13.9. The maximum absolute atomic E-state index is 12.7. The molecule has 1 atom stereocenters. The Balaban J connectivity index is 1.57. The molecule has 5 nitrogen and oxygen atoms in total. The van der Waals surface area contributed by atoms with Crippen LogP contribution in [0.2, 0.25) is 0 Å². The van der Waals surface area contributed by atoms with E-state index in [1.165, 1.54) is 11.3 Å². The summed E-state index contributed by atoms with van der Waals surface area (Å²) in [4.78, 5) is 19.8. The Hall–Kier alpha value is -2.38. The minimum Gasteiger partial charge on any atom is -0.497 e. The largest absolute Gasteiger partial charge is 0.497 e. The van der Waals surface area contributed by atoms with Gasteiger partial charge in [-0.25, -0.2) is 4.98 Å². The minimum absolute atomic E-state index is 0.0309. The highest BCUT2D eigenvalue weighted by atomic mass is 32.1. The summed E-state index contributed by atoms with van der Waals surface area (Å²) in [5.74, 6) is 0.750. The number of rotatable bonds is 5. The van der Waals surface area contributed by atoms with Crippen molar-refractivity contribution in [3.8, 4) is 5.75 Å². The smallest absolute Gasteiger partial charge is 0.261 e. The number of thiazole rings is 1. The standard InChI is InChI=1S/C18H17N3O2S2/c1-3-13(11-4-6-12(23-2)7-5-11)19-16(22)15-10-14-17(25-15)20-18-21(14)8-9-24-18/h4-10,13H,3H2,1-2H3,(H,19,22). The van der Waals surface area contributed by atoms with E-state index < -0.39 is 0 Å². The van der Waals surface area contributed by atoms with Gasteiger partial charge in [0.05, 0.1) is 23.5 Å². The number of nitrogens with zero attached hydrogens (tertiary/aromatic N) is 2. The van der Waals surface area contributed by atoms with E-state index in [1.807, 2.05) is 46.3 Å². The molecule has 3 heterocycles. The van der Waals surface area contributed by atoms with Crippen molar-refractivity contribution in [1.82, 2.24) is 14.7 Å². The fourth-order valence-electron chi connectivity index (χ4n) is 2.85. The first-order valence-corrected chi connectivity index (χ1v) is 9.69. The van der Waals surface area contributed by atoms with Crippen LogP contribution in [-0.2, 0) is 0 Å². The average molecular weight is 371 g/mol. The lowest BCUT2D eigenvalue weighted by molar-refractivity contribution is 0.0939. The van der Waals surface area contributed by atoms with Crippen LogP contribution in [0.4, 0.5) is 0 Å². The molecule has 4 rings (SSSR count). The topological polar surface area (TPSA) is 55.6 Å². The van der Waals surface area contributed by atoms with E-state index in [4.69, 9.17) is 4.74 Å². The first-order valence-electron chi connectivity index (χ1n) is 7.99. The molecular formula is C18H17N3O2S2. The molecule has 0 aliphatic heterocycles. The van der Waals surface area contributed by atoms with Crippen LogP contribution >= 0.6 is 22.7 Å². The van der Waals surface area contributed by atoms with Gasteiger partial charge in [0.25, 0.3) is 5.91 Å². The van der Waals surface area contributed by atoms with Crippen LogP contribution in [0.3, 0.4) is 0 Å². The van der Waals surface area contributed by atoms with Crippen LogP contribution in [0.25, 0.3) is 15.3 Å². The van der Waals surface area contributed by atoms with E-state index in [2.05, 4.69) is 17.2 Å². The summed E-state index contributed by atoms with van der Waals surface area (Å²) in [6.45, 7) is 2.06. The number of nitrogens with one attached hydrogen (secondary N) is 1. The number of ether oxygens (including phenoxy) is 1. The molecule has 0 spiro atoms. The van der Waals surface area contributed by atoms with Crippen molar-refractivity contribution in [3.05, 3.63) is 52.3 Å². The maximum Gasteiger partial charge on any atom is 0.261 e. The van der Waals surface area contributed by atoms with Crippen molar-refractivity contribution in [3.63, 3.8) is 0 Å². The van der Waals surface area contributed by atoms with Gasteiger partial charge in [-0.05, 0) is 30.2 Å². The van der Waals surface area contributed by atoms with Crippen LogP contribution in [-0.4, -0.2) is 22.4 Å². The Morgan fingerprint density at radius 3 is 2.88 bits per heavy atom. The molecule has 25 heavy (non-hydrogen) atoms. The van der Waals surface area contributed by atoms with Crippen LogP contribution < -0.4 is 10.1 Å². The molecule has 1 unspecified atom stereocenters. The highest BCUT2D eigenvalue weighted by Crippen LogP contribution is 2.29. The lowest BCUT2D eigenvalue weighted by atomic mass is 10.0. The molecule has 7 heteroatoms. The SMILES string of the molecule is CCC(NC(=O)c1cc2c(nc3sccn32)s1)c1ccc(OC)cc1. The van der Waals surface area contributed by atoms with Crippen molar-refractivity contribution in [1.29, 1.82) is 0 Å². The van der Waals surface area contributed by atoms with Gasteiger partial charge in [-0.1, -0.05) is 19.1 Å². The number of imidazole rings is 1. The van der Waals surface area contributed by atoms with Gasteiger partial charge in [0.1, 0.15) is 10.6 Å². The van der Waals surface area contributed by atoms with E-state index >= 15 is 0 Å². The molecule has 0 radical (unpaired) electrons. The lowest BCUT2D eigenvalue weighted by Gasteiger charge is -2.17. The van der Waals surface area contributed by atoms with Gasteiger partial charge >= 0.3 is 0 Å². The zero-order chi connectivity index (χ0) is 17.4. The fraction of sp³-hybridized carbons (Fsp3) is 0.222. The van der Waals surface area contributed by atoms with Gasteiger partial charge in [0.15, 0.2) is 4.96 Å². The Labute approximate surface area is 152 Å². The monoisotopic (exact) mass is 371 g/mol. The third-order valence-electron chi connectivity index (χ3n) is 4.20. The number of carbonyl (C=O) groups is 1. The zero-order valence-corrected chi connectivity index (χ0v) is 15.5. The molecular weight excluding hydrogens is 354 g/mol. The van der Waals surface area contributed by atoms with Crippen molar-refractivity contribution in [2.45, 2.75) is 19.4 Å². The number of fused-ring (bicyclic) bond motifs is 3. The molecule has 0 aliphatic carbocycles. The van der Waals surface area contributed by atoms with Crippen molar-refractivity contribution < 1.29 is 9.53 Å². The Morgan fingerprint density at radius 2 is 2.16 bits per heavy atom. The number of carbonyl (C=O) groups excluding carboxylic acids is 1. The van der Waals surface area contributed by atoms with Gasteiger partial charge in [0.2, 0.25) is 0 Å². The average Bonchev–Trinajstić information content (AvgIpc) is 3.31. The Kier molecular flexibility index (Phi) is 4.19. The highest BCUT2D eigenvalue weighted by molar-refractivity contribution is 7.21. The van der Waals surface area contributed by atoms with E-state index in [0.29, 0.717) is 4.88 Å². The van der Waals surface area contributed by atoms with Gasteiger partial charge in [0, 0.05) is 11.6 Å². The minimum atomic E-state index is -0.0605. The number of hydrogen-bond acceptors (Lipinski definition) is 5. The summed E-state index contributed by atoms with van der Waals surface area (Å²) in [6, 6.07) is 9.70. The summed E-state index contributed by atoms with van der Waals surface area (Å²) in [6.07, 6.45) is 2.80. The molecule has 1 N–H and O–H groups in total. The molecule has 128 valence electrons. The van der Waals surface area contributed by atoms with E-state index in [1.54, 1.807) is 18.4 Å². The normalized spacial score (nSPS) is 12.6. The van der Waals surface area contributed by atoms with Crippen LogP contribution in [0.5, 0.6) is 5.75 Å². The second-order valence-corrected chi connectivity index (χ2v) is 7.58. The molecule has 1 amide bonds. The number of aromatic nitrogens is 2. The van der Waals surface area contributed by atoms with E-state index in [-0.39, 0.29) is 11.9 Å². The van der Waals surface area contributed by atoms with Crippen LogP contribution in [0.1, 0.15) is 34.6 Å². The molecule has 3 aromatic heterocycles. The van der Waals surface area contributed by atoms with Crippen molar-refractivity contribution >= 4 is 43.9 Å². The first kappa shape index (κ1) is 16.1. The van der Waals surface area contributed by atoms with Gasteiger partial charge < -0.3 is 10.1 Å². The second-order valence-electron chi connectivity index (χ2n) is 5.68. The molecule has 0 aliphatic rings. The van der Waals surface area contributed by atoms with E-state index in [9.17, 15) is 4.79 Å². The first-order chi connectivity index (χ1) is 12.2. The number of hydrogen-bond donors (Lipinski definition) is 1. The molecule has 0 saturated carbocycles. The van der Waals surface area contributed by atoms with Gasteiger partial charge in [-0.2, -0.15) is 0 Å². The Bertz CT molecular complexity index is 1030. The summed E-state index contributed by atoms with van der Waals surface area (Å²) >= 11 is 3.03. The molecule has 0 saturated heterocycles. The summed E-state index contributed by atoms with van der Waals surface area (Å²) in [5.41, 5.74) is 2.06. The Morgan fingerprint density at radius 1 is 1.36 bits per heavy atom. The molecule has 1 aromatic carbocycles. The predicted molar refractivity (Wildman–Crippen MR) is 102 cm³/mol. The lowest BCUT2D eigenvalue weighted by Crippen LogP contribution is -2.27. The highest BCUT2D eigenvalue weighted by Gasteiger charge is 2.18. The number of amides is 1. The third kappa shape index (κ3) is 2.89. The van der Waals surface area contributed by atoms with Crippen molar-refractivity contribution in [2.24, 2.45) is 0 Å². The summed E-state index contributed by atoms with van der Waals surface area (Å²) in [7, 11) is 1.64. The molecule has 4 aromatic rings. The number of methoxy groups -OCH3 is 1. The van der Waals surface area contributed by atoms with Gasteiger partial charge in [-0.3, -0.25) is 9.20 Å². The van der Waals surface area contributed by atoms with Crippen molar-refractivity contribution in [2.75, 3.05) is 7.11 Å². The number of benzene rings is 1. The summed E-state index contributed by atoms with van der Waals surface area (Å²) < 4.78 is 7.21. The summed E-state index contributed by atoms with van der Waals surface area (Å²) in [5, 5.41) is 5.12. The molecule has 0 fully saturated rings. The quantitative estimate of drug-likeness (QED) is 0.562. The third-order valence-corrected chi connectivity index (χ3v) is 5.97. The predicted octanol–water partition coefficient (Wildman–Crippen LogP) is 4.50. The second kappa shape index (κ2) is 6.50. The van der Waals surface area contributed by atoms with Crippen LogP contribution in [0.15, 0.2) is 41.9 Å². The maximum atomic E-state index is 12.7. The molecule has 0 bridgehead atoms. The van der Waals surface area contributed by atoms with Crippen LogP contribution in [0, 0.1) is 0 Å². The van der Waals surface area contributed by atoms with E-state index in [0.717, 1.165) is 33.0 Å². The van der Waals surface area contributed by atoms with Gasteiger partial charge in [-0.15, -0.1) is 22.7 Å². The number of thiophene rings is 1.